The lowest BCUT2D eigenvalue weighted by molar-refractivity contribution is 0.0186. The summed E-state index contributed by atoms with van der Waals surface area (Å²) in [5, 5.41) is 8.89. The fraction of sp³-hybridized carbons (Fsp3) is 0.522. The van der Waals surface area contributed by atoms with Crippen molar-refractivity contribution in [1.82, 2.24) is 15.5 Å². The van der Waals surface area contributed by atoms with Crippen LogP contribution in [0.4, 0.5) is 0 Å². The Hall–Kier alpha value is -2.29. The van der Waals surface area contributed by atoms with Crippen molar-refractivity contribution in [3.8, 4) is 11.5 Å². The lowest BCUT2D eigenvalue weighted by atomic mass is 10.2. The molecule has 0 amide bonds. The van der Waals surface area contributed by atoms with Crippen LogP contribution in [0.5, 0.6) is 11.5 Å². The van der Waals surface area contributed by atoms with E-state index in [2.05, 4.69) is 40.0 Å². The van der Waals surface area contributed by atoms with Crippen LogP contribution in [0.1, 0.15) is 24.8 Å². The third kappa shape index (κ3) is 7.12. The van der Waals surface area contributed by atoms with Crippen LogP contribution in [0.15, 0.2) is 46.8 Å². The maximum Gasteiger partial charge on any atom is 0.191 e. The number of para-hydroxylation sites is 2. The van der Waals surface area contributed by atoms with Crippen LogP contribution < -0.4 is 20.1 Å². The highest BCUT2D eigenvalue weighted by atomic mass is 32.1. The Morgan fingerprint density at radius 2 is 1.94 bits per heavy atom. The second-order valence-electron chi connectivity index (χ2n) is 7.36. The number of rotatable bonds is 10. The lowest BCUT2D eigenvalue weighted by Gasteiger charge is -2.33. The molecule has 1 aromatic heterocycles. The molecule has 3 rings (SSSR count). The predicted octanol–water partition coefficient (Wildman–Crippen LogP) is 3.15. The molecule has 1 fully saturated rings. The molecule has 1 aliphatic heterocycles. The van der Waals surface area contributed by atoms with Crippen molar-refractivity contribution in [3.63, 3.8) is 0 Å². The molecule has 170 valence electrons. The van der Waals surface area contributed by atoms with Gasteiger partial charge >= 0.3 is 0 Å². The summed E-state index contributed by atoms with van der Waals surface area (Å²) in [6.07, 6.45) is -0.0486. The Kier molecular flexibility index (Phi) is 9.45. The normalized spacial score (nSPS) is 17.1. The molecule has 2 atom stereocenters. The van der Waals surface area contributed by atoms with Gasteiger partial charge in [-0.3, -0.25) is 9.89 Å². The van der Waals surface area contributed by atoms with Gasteiger partial charge in [-0.05, 0) is 37.4 Å². The van der Waals surface area contributed by atoms with Gasteiger partial charge in [0, 0.05) is 24.5 Å². The van der Waals surface area contributed by atoms with Crippen molar-refractivity contribution in [1.29, 1.82) is 0 Å². The molecule has 2 heterocycles. The molecule has 8 heteroatoms. The van der Waals surface area contributed by atoms with Gasteiger partial charge in [-0.1, -0.05) is 18.2 Å². The highest BCUT2D eigenvalue weighted by Crippen LogP contribution is 2.27. The summed E-state index contributed by atoms with van der Waals surface area (Å²) in [6.45, 7) is 9.66. The molecule has 2 aromatic rings. The number of methoxy groups -OCH3 is 1. The third-order valence-electron chi connectivity index (χ3n) is 5.08. The van der Waals surface area contributed by atoms with Gasteiger partial charge in [0.05, 0.1) is 39.5 Å². The average molecular weight is 447 g/mol. The lowest BCUT2D eigenvalue weighted by Crippen LogP contribution is -2.43. The number of benzene rings is 1. The molecule has 1 aromatic carbocycles. The van der Waals surface area contributed by atoms with E-state index < -0.39 is 0 Å². The number of thiophene rings is 1. The summed E-state index contributed by atoms with van der Waals surface area (Å²) in [5.74, 6) is 2.28. The molecule has 31 heavy (non-hydrogen) atoms. The highest BCUT2D eigenvalue weighted by molar-refractivity contribution is 7.10. The fourth-order valence-corrected chi connectivity index (χ4v) is 4.34. The van der Waals surface area contributed by atoms with Crippen LogP contribution in [-0.2, 0) is 4.74 Å². The first-order chi connectivity index (χ1) is 15.2. The summed E-state index contributed by atoms with van der Waals surface area (Å²) in [5.41, 5.74) is 0. The Morgan fingerprint density at radius 3 is 2.61 bits per heavy atom. The minimum absolute atomic E-state index is 0.0486. The first-order valence-corrected chi connectivity index (χ1v) is 11.8. The number of hydrogen-bond donors (Lipinski definition) is 2. The SMILES string of the molecule is CCNC(=NCC(c1cccs1)N1CCOCC1)NCC(C)Oc1ccccc1OC. The van der Waals surface area contributed by atoms with E-state index in [4.69, 9.17) is 19.2 Å². The van der Waals surface area contributed by atoms with Gasteiger partial charge in [0.2, 0.25) is 0 Å². The first-order valence-electron chi connectivity index (χ1n) is 10.9. The largest absolute Gasteiger partial charge is 0.493 e. The summed E-state index contributed by atoms with van der Waals surface area (Å²) in [6, 6.07) is 12.3. The van der Waals surface area contributed by atoms with Crippen molar-refractivity contribution in [2.45, 2.75) is 26.0 Å². The minimum Gasteiger partial charge on any atom is -0.493 e. The van der Waals surface area contributed by atoms with E-state index in [1.807, 2.05) is 31.2 Å². The van der Waals surface area contributed by atoms with E-state index in [9.17, 15) is 0 Å². The monoisotopic (exact) mass is 446 g/mol. The second-order valence-corrected chi connectivity index (χ2v) is 8.34. The van der Waals surface area contributed by atoms with E-state index in [-0.39, 0.29) is 12.1 Å². The van der Waals surface area contributed by atoms with E-state index >= 15 is 0 Å². The number of guanidine groups is 1. The summed E-state index contributed by atoms with van der Waals surface area (Å²) in [7, 11) is 1.65. The number of morpholine rings is 1. The summed E-state index contributed by atoms with van der Waals surface area (Å²) in [4.78, 5) is 8.71. The quantitative estimate of drug-likeness (QED) is 0.432. The Morgan fingerprint density at radius 1 is 1.16 bits per heavy atom. The average Bonchev–Trinajstić information content (AvgIpc) is 3.33. The van der Waals surface area contributed by atoms with Crippen LogP contribution in [0.2, 0.25) is 0 Å². The zero-order valence-electron chi connectivity index (χ0n) is 18.7. The van der Waals surface area contributed by atoms with Crippen LogP contribution in [-0.4, -0.2) is 70.0 Å². The van der Waals surface area contributed by atoms with Crippen LogP contribution in [0.3, 0.4) is 0 Å². The van der Waals surface area contributed by atoms with Gasteiger partial charge in [0.1, 0.15) is 6.10 Å². The van der Waals surface area contributed by atoms with Gasteiger partial charge in [0.25, 0.3) is 0 Å². The van der Waals surface area contributed by atoms with Gasteiger partial charge in [-0.2, -0.15) is 0 Å². The van der Waals surface area contributed by atoms with E-state index in [0.717, 1.165) is 50.3 Å². The van der Waals surface area contributed by atoms with Crippen LogP contribution >= 0.6 is 11.3 Å². The maximum atomic E-state index is 6.05. The van der Waals surface area contributed by atoms with Crippen molar-refractivity contribution in [2.75, 3.05) is 53.0 Å². The van der Waals surface area contributed by atoms with E-state index in [1.165, 1.54) is 4.88 Å². The molecule has 1 aliphatic rings. The van der Waals surface area contributed by atoms with Crippen LogP contribution in [0, 0.1) is 0 Å². The molecule has 2 unspecified atom stereocenters. The first kappa shape index (κ1) is 23.4. The van der Waals surface area contributed by atoms with Gasteiger partial charge in [0.15, 0.2) is 17.5 Å². The van der Waals surface area contributed by atoms with Crippen molar-refractivity contribution in [2.24, 2.45) is 4.99 Å². The molecule has 0 radical (unpaired) electrons. The Balaban J connectivity index is 1.60. The van der Waals surface area contributed by atoms with Gasteiger partial charge in [-0.15, -0.1) is 11.3 Å². The zero-order valence-corrected chi connectivity index (χ0v) is 19.5. The number of aliphatic imine (C=N–C) groups is 1. The molecule has 0 bridgehead atoms. The second kappa shape index (κ2) is 12.5. The molecule has 0 spiro atoms. The van der Waals surface area contributed by atoms with Gasteiger partial charge < -0.3 is 24.8 Å². The minimum atomic E-state index is -0.0486. The number of hydrogen-bond acceptors (Lipinski definition) is 6. The molecular formula is C23H34N4O3S. The molecule has 0 aliphatic carbocycles. The molecule has 1 saturated heterocycles. The Labute approximate surface area is 189 Å². The molecule has 0 saturated carbocycles. The van der Waals surface area contributed by atoms with Crippen molar-refractivity contribution < 1.29 is 14.2 Å². The zero-order chi connectivity index (χ0) is 21.9. The molecule has 7 nitrogen and oxygen atoms in total. The standard InChI is InChI=1S/C23H34N4O3S/c1-4-24-23(25-16-18(2)30-21-9-6-5-8-20(21)28-3)26-17-19(22-10-7-15-31-22)27-11-13-29-14-12-27/h5-10,15,18-19H,4,11-14,16-17H2,1-3H3,(H2,24,25,26). The van der Waals surface area contributed by atoms with Crippen molar-refractivity contribution in [3.05, 3.63) is 46.7 Å². The highest BCUT2D eigenvalue weighted by Gasteiger charge is 2.23. The van der Waals surface area contributed by atoms with Crippen LogP contribution in [0.25, 0.3) is 0 Å². The molecule has 2 N–H and O–H groups in total. The maximum absolute atomic E-state index is 6.05. The number of nitrogens with zero attached hydrogens (tertiary/aromatic N) is 2. The molecular weight excluding hydrogens is 412 g/mol. The number of nitrogens with one attached hydrogen (secondary N) is 2. The summed E-state index contributed by atoms with van der Waals surface area (Å²) < 4.78 is 17.0. The third-order valence-corrected chi connectivity index (χ3v) is 6.05. The predicted molar refractivity (Wildman–Crippen MR) is 127 cm³/mol. The van der Waals surface area contributed by atoms with E-state index in [1.54, 1.807) is 18.4 Å². The fourth-order valence-electron chi connectivity index (χ4n) is 3.49. The Bertz CT molecular complexity index is 794. The smallest absolute Gasteiger partial charge is 0.191 e. The van der Waals surface area contributed by atoms with Gasteiger partial charge in [-0.25, -0.2) is 0 Å². The topological polar surface area (TPSA) is 67.4 Å². The summed E-state index contributed by atoms with van der Waals surface area (Å²) >= 11 is 1.79. The van der Waals surface area contributed by atoms with E-state index in [0.29, 0.717) is 13.1 Å². The van der Waals surface area contributed by atoms with Crippen molar-refractivity contribution >= 4 is 17.3 Å². The number of ether oxygens (including phenoxy) is 3.